The van der Waals surface area contributed by atoms with Crippen LogP contribution >= 0.6 is 11.6 Å². The van der Waals surface area contributed by atoms with Gasteiger partial charge in [-0.15, -0.1) is 0 Å². The number of halogens is 1. The number of benzene rings is 3. The molecule has 0 heterocycles. The molecule has 0 N–H and O–H groups in total. The standard InChI is InChI=1S/C27H28ClNO4/c1-29(2)15-16-33-27-14-11-20(22-7-5-6-8-26(22)32-4)17-23(27)25(30)13-10-19-9-12-21(31-3)18-24(19)28/h5-14,17-18H,15-16H2,1-4H3/b13-10+. The SMILES string of the molecule is COc1ccc(/C=C/C(=O)c2cc(-c3ccccc3OC)ccc2OCCN(C)C)c(Cl)c1. The van der Waals surface area contributed by atoms with Crippen LogP contribution < -0.4 is 14.2 Å². The van der Waals surface area contributed by atoms with Gasteiger partial charge in [-0.05, 0) is 73.8 Å². The molecule has 3 rings (SSSR count). The summed E-state index contributed by atoms with van der Waals surface area (Å²) in [6, 6.07) is 18.6. The first kappa shape index (κ1) is 24.4. The van der Waals surface area contributed by atoms with Crippen LogP contribution in [0, 0.1) is 0 Å². The molecule has 5 nitrogen and oxygen atoms in total. The number of hydrogen-bond donors (Lipinski definition) is 0. The second-order valence-corrected chi connectivity index (χ2v) is 8.06. The van der Waals surface area contributed by atoms with Gasteiger partial charge in [0, 0.05) is 12.1 Å². The molecule has 33 heavy (non-hydrogen) atoms. The highest BCUT2D eigenvalue weighted by Crippen LogP contribution is 2.33. The molecule has 172 valence electrons. The van der Waals surface area contributed by atoms with Gasteiger partial charge in [0.2, 0.25) is 0 Å². The highest BCUT2D eigenvalue weighted by atomic mass is 35.5. The van der Waals surface area contributed by atoms with Crippen molar-refractivity contribution in [2.24, 2.45) is 0 Å². The van der Waals surface area contributed by atoms with Crippen molar-refractivity contribution in [3.05, 3.63) is 82.9 Å². The quantitative estimate of drug-likeness (QED) is 0.277. The second-order valence-electron chi connectivity index (χ2n) is 7.65. The predicted octanol–water partition coefficient (Wildman–Crippen LogP) is 5.86. The summed E-state index contributed by atoms with van der Waals surface area (Å²) in [6.07, 6.45) is 3.21. The van der Waals surface area contributed by atoms with Crippen LogP contribution in [-0.4, -0.2) is 52.1 Å². The fraction of sp³-hybridized carbons (Fsp3) is 0.222. The molecule has 0 amide bonds. The Labute approximate surface area is 200 Å². The Hall–Kier alpha value is -3.28. The van der Waals surface area contributed by atoms with Crippen molar-refractivity contribution in [3.63, 3.8) is 0 Å². The molecule has 0 radical (unpaired) electrons. The number of hydrogen-bond acceptors (Lipinski definition) is 5. The summed E-state index contributed by atoms with van der Waals surface area (Å²) in [6.45, 7) is 1.20. The zero-order chi connectivity index (χ0) is 23.8. The molecular weight excluding hydrogens is 438 g/mol. The number of allylic oxidation sites excluding steroid dienone is 1. The molecule has 0 spiro atoms. The molecule has 0 bridgehead atoms. The smallest absolute Gasteiger partial charge is 0.189 e. The van der Waals surface area contributed by atoms with E-state index in [0.717, 1.165) is 29.0 Å². The normalized spacial score (nSPS) is 11.1. The fourth-order valence-electron chi connectivity index (χ4n) is 3.26. The predicted molar refractivity (Wildman–Crippen MR) is 134 cm³/mol. The van der Waals surface area contributed by atoms with Gasteiger partial charge in [-0.3, -0.25) is 4.79 Å². The number of rotatable bonds is 10. The van der Waals surface area contributed by atoms with Gasteiger partial charge in [0.1, 0.15) is 23.9 Å². The van der Waals surface area contributed by atoms with Gasteiger partial charge in [0.25, 0.3) is 0 Å². The Morgan fingerprint density at radius 1 is 0.970 bits per heavy atom. The fourth-order valence-corrected chi connectivity index (χ4v) is 3.50. The lowest BCUT2D eigenvalue weighted by Crippen LogP contribution is -2.20. The largest absolute Gasteiger partial charge is 0.497 e. The van der Waals surface area contributed by atoms with Gasteiger partial charge in [-0.1, -0.05) is 35.9 Å². The van der Waals surface area contributed by atoms with E-state index >= 15 is 0 Å². The third kappa shape index (κ3) is 6.37. The second kappa shape index (κ2) is 11.5. The summed E-state index contributed by atoms with van der Waals surface area (Å²) in [4.78, 5) is 15.3. The summed E-state index contributed by atoms with van der Waals surface area (Å²) in [5, 5.41) is 0.503. The van der Waals surface area contributed by atoms with Crippen molar-refractivity contribution in [3.8, 4) is 28.4 Å². The number of ketones is 1. The van der Waals surface area contributed by atoms with E-state index in [1.807, 2.05) is 67.5 Å². The lowest BCUT2D eigenvalue weighted by molar-refractivity contribution is 0.104. The molecule has 3 aromatic rings. The Kier molecular flexibility index (Phi) is 8.52. The van der Waals surface area contributed by atoms with Gasteiger partial charge in [-0.25, -0.2) is 0 Å². The van der Waals surface area contributed by atoms with Crippen LogP contribution in [0.15, 0.2) is 66.7 Å². The minimum atomic E-state index is -0.182. The molecule has 0 aliphatic heterocycles. The van der Waals surface area contributed by atoms with Crippen molar-refractivity contribution >= 4 is 23.5 Å². The molecule has 0 atom stereocenters. The maximum absolute atomic E-state index is 13.2. The molecule has 0 saturated heterocycles. The summed E-state index contributed by atoms with van der Waals surface area (Å²) >= 11 is 6.32. The molecule has 0 unspecified atom stereocenters. The zero-order valence-corrected chi connectivity index (χ0v) is 20.1. The first-order valence-corrected chi connectivity index (χ1v) is 10.9. The monoisotopic (exact) mass is 465 g/mol. The van der Waals surface area contributed by atoms with Crippen LogP contribution in [0.25, 0.3) is 17.2 Å². The van der Waals surface area contributed by atoms with E-state index in [-0.39, 0.29) is 5.78 Å². The molecule has 6 heteroatoms. The average molecular weight is 466 g/mol. The average Bonchev–Trinajstić information content (AvgIpc) is 2.82. The van der Waals surface area contributed by atoms with Gasteiger partial charge >= 0.3 is 0 Å². The Morgan fingerprint density at radius 3 is 2.45 bits per heavy atom. The number of likely N-dealkylation sites (N-methyl/N-ethyl adjacent to an activating group) is 1. The third-order valence-corrected chi connectivity index (χ3v) is 5.41. The van der Waals surface area contributed by atoms with Crippen LogP contribution in [0.1, 0.15) is 15.9 Å². The van der Waals surface area contributed by atoms with Crippen LogP contribution in [-0.2, 0) is 0 Å². The highest BCUT2D eigenvalue weighted by molar-refractivity contribution is 6.32. The molecule has 3 aromatic carbocycles. The van der Waals surface area contributed by atoms with Crippen molar-refractivity contribution in [2.45, 2.75) is 0 Å². The maximum Gasteiger partial charge on any atom is 0.189 e. The van der Waals surface area contributed by atoms with Gasteiger partial charge in [0.15, 0.2) is 5.78 Å². The van der Waals surface area contributed by atoms with E-state index in [9.17, 15) is 4.79 Å². The number of carbonyl (C=O) groups excluding carboxylic acids is 1. The lowest BCUT2D eigenvalue weighted by atomic mass is 9.99. The lowest BCUT2D eigenvalue weighted by Gasteiger charge is -2.15. The van der Waals surface area contributed by atoms with Crippen molar-refractivity contribution in [2.75, 3.05) is 41.5 Å². The van der Waals surface area contributed by atoms with Crippen molar-refractivity contribution in [1.82, 2.24) is 4.90 Å². The minimum absolute atomic E-state index is 0.182. The van der Waals surface area contributed by atoms with Gasteiger partial charge in [0.05, 0.1) is 24.8 Å². The van der Waals surface area contributed by atoms with Gasteiger partial charge < -0.3 is 19.1 Å². The van der Waals surface area contributed by atoms with Crippen LogP contribution in [0.4, 0.5) is 0 Å². The van der Waals surface area contributed by atoms with Gasteiger partial charge in [-0.2, -0.15) is 0 Å². The molecular formula is C27H28ClNO4. The first-order valence-electron chi connectivity index (χ1n) is 10.5. The molecule has 0 aliphatic rings. The summed E-state index contributed by atoms with van der Waals surface area (Å²) < 4.78 is 16.6. The van der Waals surface area contributed by atoms with E-state index in [0.29, 0.717) is 28.7 Å². The van der Waals surface area contributed by atoms with E-state index in [2.05, 4.69) is 0 Å². The van der Waals surface area contributed by atoms with Crippen molar-refractivity contribution < 1.29 is 19.0 Å². The number of nitrogens with zero attached hydrogens (tertiary/aromatic N) is 1. The molecule has 0 aromatic heterocycles. The van der Waals surface area contributed by atoms with E-state index < -0.39 is 0 Å². The number of ether oxygens (including phenoxy) is 3. The summed E-state index contributed by atoms with van der Waals surface area (Å²) in [5.74, 6) is 1.74. The highest BCUT2D eigenvalue weighted by Gasteiger charge is 2.15. The van der Waals surface area contributed by atoms with Crippen LogP contribution in [0.2, 0.25) is 5.02 Å². The van der Waals surface area contributed by atoms with E-state index in [1.54, 1.807) is 32.4 Å². The summed E-state index contributed by atoms with van der Waals surface area (Å²) in [5.41, 5.74) is 2.96. The zero-order valence-electron chi connectivity index (χ0n) is 19.3. The topological polar surface area (TPSA) is 48.0 Å². The van der Waals surface area contributed by atoms with Crippen molar-refractivity contribution in [1.29, 1.82) is 0 Å². The Morgan fingerprint density at radius 2 is 1.76 bits per heavy atom. The van der Waals surface area contributed by atoms with Crippen LogP contribution in [0.5, 0.6) is 17.2 Å². The Bertz CT molecular complexity index is 1140. The molecule has 0 saturated carbocycles. The number of para-hydroxylation sites is 1. The van der Waals surface area contributed by atoms with E-state index in [1.165, 1.54) is 6.08 Å². The summed E-state index contributed by atoms with van der Waals surface area (Å²) in [7, 11) is 7.16. The van der Waals surface area contributed by atoms with E-state index in [4.69, 9.17) is 25.8 Å². The molecule has 0 fully saturated rings. The maximum atomic E-state index is 13.2. The number of methoxy groups -OCH3 is 2. The Balaban J connectivity index is 1.96. The molecule has 0 aliphatic carbocycles. The van der Waals surface area contributed by atoms with Crippen LogP contribution in [0.3, 0.4) is 0 Å². The number of carbonyl (C=O) groups is 1. The third-order valence-electron chi connectivity index (χ3n) is 5.08. The minimum Gasteiger partial charge on any atom is -0.497 e. The first-order chi connectivity index (χ1) is 15.9.